The molecule has 3 rings (SSSR count). The molecule has 172 valence electrons. The van der Waals surface area contributed by atoms with Gasteiger partial charge in [0.1, 0.15) is 11.1 Å². The minimum atomic E-state index is -0.890. The molecule has 0 aliphatic rings. The summed E-state index contributed by atoms with van der Waals surface area (Å²) in [6.45, 7) is 9.39. The summed E-state index contributed by atoms with van der Waals surface area (Å²) in [4.78, 5) is 28.6. The number of thioether (sulfide) groups is 1. The summed E-state index contributed by atoms with van der Waals surface area (Å²) in [7, 11) is 0. The molecule has 1 amide bonds. The number of H-pyrrole nitrogens is 1. The molecule has 0 aliphatic carbocycles. The molecule has 10 nitrogen and oxygen atoms in total. The SMILES string of the molecule is CC(C)(C)OC(=O)NC(C)(C)c1noc(CSc2n[nH]c(=O)n2CCc2ccccc2)n1. The van der Waals surface area contributed by atoms with Gasteiger partial charge >= 0.3 is 11.8 Å². The number of ether oxygens (including phenoxy) is 1. The number of hydrogen-bond acceptors (Lipinski definition) is 8. The van der Waals surface area contributed by atoms with E-state index in [0.29, 0.717) is 35.6 Å². The van der Waals surface area contributed by atoms with Crippen molar-refractivity contribution >= 4 is 17.9 Å². The predicted molar refractivity (Wildman–Crippen MR) is 119 cm³/mol. The summed E-state index contributed by atoms with van der Waals surface area (Å²) in [6, 6.07) is 9.93. The maximum absolute atomic E-state index is 12.1. The molecular weight excluding hydrogens is 432 g/mol. The summed E-state index contributed by atoms with van der Waals surface area (Å²) in [5.74, 6) is 1.00. The van der Waals surface area contributed by atoms with Gasteiger partial charge in [-0.3, -0.25) is 4.57 Å². The highest BCUT2D eigenvalue weighted by Gasteiger charge is 2.31. The topological polar surface area (TPSA) is 128 Å². The molecule has 1 aromatic carbocycles. The zero-order chi connectivity index (χ0) is 23.4. The van der Waals surface area contributed by atoms with Gasteiger partial charge in [0.15, 0.2) is 11.0 Å². The molecule has 0 bridgehead atoms. The van der Waals surface area contributed by atoms with Gasteiger partial charge < -0.3 is 14.6 Å². The van der Waals surface area contributed by atoms with E-state index in [9.17, 15) is 9.59 Å². The molecule has 0 aliphatic heterocycles. The van der Waals surface area contributed by atoms with E-state index < -0.39 is 17.2 Å². The molecule has 11 heteroatoms. The van der Waals surface area contributed by atoms with E-state index in [4.69, 9.17) is 9.26 Å². The monoisotopic (exact) mass is 460 g/mol. The van der Waals surface area contributed by atoms with Crippen LogP contribution in [0.3, 0.4) is 0 Å². The predicted octanol–water partition coefficient (Wildman–Crippen LogP) is 3.25. The first-order valence-electron chi connectivity index (χ1n) is 10.2. The Kier molecular flexibility index (Phi) is 7.07. The lowest BCUT2D eigenvalue weighted by atomic mass is 10.1. The fraction of sp³-hybridized carbons (Fsp3) is 0.476. The largest absolute Gasteiger partial charge is 0.444 e. The average Bonchev–Trinajstić information content (AvgIpc) is 3.31. The first-order chi connectivity index (χ1) is 15.0. The zero-order valence-corrected chi connectivity index (χ0v) is 19.7. The van der Waals surface area contributed by atoms with Crippen molar-refractivity contribution in [3.63, 3.8) is 0 Å². The quantitative estimate of drug-likeness (QED) is 0.490. The van der Waals surface area contributed by atoms with E-state index in [1.54, 1.807) is 39.2 Å². The van der Waals surface area contributed by atoms with Crippen molar-refractivity contribution < 1.29 is 14.1 Å². The van der Waals surface area contributed by atoms with Gasteiger partial charge in [-0.15, -0.1) is 5.10 Å². The fourth-order valence-electron chi connectivity index (χ4n) is 2.80. The van der Waals surface area contributed by atoms with E-state index in [-0.39, 0.29) is 5.69 Å². The van der Waals surface area contributed by atoms with Crippen molar-refractivity contribution in [1.82, 2.24) is 30.2 Å². The van der Waals surface area contributed by atoms with Gasteiger partial charge in [-0.2, -0.15) is 4.98 Å². The Morgan fingerprint density at radius 3 is 2.62 bits per heavy atom. The number of carbonyl (C=O) groups is 1. The van der Waals surface area contributed by atoms with Crippen LogP contribution in [0.2, 0.25) is 0 Å². The second-order valence-corrected chi connectivity index (χ2v) is 9.69. The molecule has 3 aromatic rings. The van der Waals surface area contributed by atoms with Gasteiger partial charge in [0.2, 0.25) is 5.89 Å². The van der Waals surface area contributed by atoms with Gasteiger partial charge in [-0.25, -0.2) is 14.7 Å². The second kappa shape index (κ2) is 9.60. The number of aromatic nitrogens is 5. The van der Waals surface area contributed by atoms with Crippen molar-refractivity contribution in [3.05, 3.63) is 58.1 Å². The number of rotatable bonds is 8. The maximum Gasteiger partial charge on any atom is 0.408 e. The summed E-state index contributed by atoms with van der Waals surface area (Å²) < 4.78 is 12.2. The van der Waals surface area contributed by atoms with E-state index in [1.807, 2.05) is 30.3 Å². The van der Waals surface area contributed by atoms with E-state index >= 15 is 0 Å². The second-order valence-electron chi connectivity index (χ2n) is 8.75. The molecule has 0 radical (unpaired) electrons. The van der Waals surface area contributed by atoms with Crippen LogP contribution in [0.5, 0.6) is 0 Å². The maximum atomic E-state index is 12.1. The van der Waals surface area contributed by atoms with Crippen molar-refractivity contribution in [2.75, 3.05) is 0 Å². The molecular formula is C21H28N6O4S. The van der Waals surface area contributed by atoms with Crippen LogP contribution >= 0.6 is 11.8 Å². The van der Waals surface area contributed by atoms with Crippen molar-refractivity contribution in [3.8, 4) is 0 Å². The van der Waals surface area contributed by atoms with Gasteiger partial charge in [0.05, 0.1) is 5.75 Å². The Hall–Kier alpha value is -3.08. The smallest absolute Gasteiger partial charge is 0.408 e. The van der Waals surface area contributed by atoms with E-state index in [0.717, 1.165) is 5.56 Å². The Morgan fingerprint density at radius 2 is 1.94 bits per heavy atom. The number of benzene rings is 1. The zero-order valence-electron chi connectivity index (χ0n) is 18.8. The van der Waals surface area contributed by atoms with Gasteiger partial charge in [0.25, 0.3) is 0 Å². The number of carbonyl (C=O) groups excluding carboxylic acids is 1. The Bertz CT molecular complexity index is 1100. The molecule has 2 heterocycles. The summed E-state index contributed by atoms with van der Waals surface area (Å²) in [6.07, 6.45) is 0.144. The minimum Gasteiger partial charge on any atom is -0.444 e. The summed E-state index contributed by atoms with van der Waals surface area (Å²) in [5, 5.41) is 13.9. The third-order valence-electron chi connectivity index (χ3n) is 4.36. The van der Waals surface area contributed by atoms with Gasteiger partial charge in [-0.1, -0.05) is 47.3 Å². The number of nitrogens with zero attached hydrogens (tertiary/aromatic N) is 4. The summed E-state index contributed by atoms with van der Waals surface area (Å²) >= 11 is 1.31. The third-order valence-corrected chi connectivity index (χ3v) is 5.32. The standard InChI is InChI=1S/C21H28N6O4S/c1-20(2,3)30-19(29)23-21(4,5)16-22-15(31-26-16)13-32-18-25-24-17(28)27(18)12-11-14-9-7-6-8-10-14/h6-10H,11-13H2,1-5H3,(H,23,29)(H,24,28). The highest BCUT2D eigenvalue weighted by molar-refractivity contribution is 7.98. The van der Waals surface area contributed by atoms with Crippen LogP contribution in [0.1, 0.15) is 51.9 Å². The molecule has 32 heavy (non-hydrogen) atoms. The van der Waals surface area contributed by atoms with E-state index in [1.165, 1.54) is 11.8 Å². The van der Waals surface area contributed by atoms with Crippen LogP contribution in [0.15, 0.2) is 44.8 Å². The third kappa shape index (κ3) is 6.46. The molecule has 0 fully saturated rings. The number of nitrogens with one attached hydrogen (secondary N) is 2. The van der Waals surface area contributed by atoms with Crippen LogP contribution in [0.25, 0.3) is 0 Å². The van der Waals surface area contributed by atoms with Crippen molar-refractivity contribution in [2.24, 2.45) is 0 Å². The molecule has 0 spiro atoms. The first kappa shape index (κ1) is 23.6. The molecule has 0 saturated heterocycles. The number of aromatic amines is 1. The van der Waals surface area contributed by atoms with Crippen LogP contribution in [0, 0.1) is 0 Å². The number of aryl methyl sites for hydroxylation is 1. The molecule has 0 unspecified atom stereocenters. The number of amides is 1. The molecule has 0 saturated carbocycles. The lowest BCUT2D eigenvalue weighted by Crippen LogP contribution is -2.44. The lowest BCUT2D eigenvalue weighted by Gasteiger charge is -2.26. The molecule has 2 aromatic heterocycles. The van der Waals surface area contributed by atoms with Gasteiger partial charge in [-0.05, 0) is 46.6 Å². The highest BCUT2D eigenvalue weighted by atomic mass is 32.2. The fourth-order valence-corrected chi connectivity index (χ4v) is 3.61. The Balaban J connectivity index is 1.61. The number of hydrogen-bond donors (Lipinski definition) is 2. The Morgan fingerprint density at radius 1 is 1.22 bits per heavy atom. The van der Waals surface area contributed by atoms with Gasteiger partial charge in [0, 0.05) is 6.54 Å². The highest BCUT2D eigenvalue weighted by Crippen LogP contribution is 2.22. The molecule has 2 N–H and O–H groups in total. The van der Waals surface area contributed by atoms with Crippen LogP contribution in [-0.2, 0) is 29.0 Å². The van der Waals surface area contributed by atoms with E-state index in [2.05, 4.69) is 25.7 Å². The number of alkyl carbamates (subject to hydrolysis) is 1. The first-order valence-corrected chi connectivity index (χ1v) is 11.2. The Labute approximate surface area is 190 Å². The minimum absolute atomic E-state index is 0.266. The lowest BCUT2D eigenvalue weighted by molar-refractivity contribution is 0.0465. The van der Waals surface area contributed by atoms with Crippen LogP contribution in [0.4, 0.5) is 4.79 Å². The normalized spacial score (nSPS) is 12.0. The van der Waals surface area contributed by atoms with Crippen molar-refractivity contribution in [1.29, 1.82) is 0 Å². The van der Waals surface area contributed by atoms with Crippen LogP contribution in [-0.4, -0.2) is 36.6 Å². The average molecular weight is 461 g/mol. The summed E-state index contributed by atoms with van der Waals surface area (Å²) in [5.41, 5.74) is -0.632. The van der Waals surface area contributed by atoms with Crippen molar-refractivity contribution in [2.45, 2.75) is 69.6 Å². The van der Waals surface area contributed by atoms with Crippen LogP contribution < -0.4 is 11.0 Å². The molecule has 0 atom stereocenters.